The van der Waals surface area contributed by atoms with E-state index >= 15 is 0 Å². The monoisotopic (exact) mass is 265 g/mol. The van der Waals surface area contributed by atoms with Crippen LogP contribution < -0.4 is 10.1 Å². The van der Waals surface area contributed by atoms with Gasteiger partial charge in [0, 0.05) is 11.1 Å². The fraction of sp³-hybridized carbons (Fsp3) is 0.286. The molecule has 0 aliphatic rings. The van der Waals surface area contributed by atoms with Gasteiger partial charge in [0.1, 0.15) is 11.5 Å². The first kappa shape index (κ1) is 12.8. The Kier molecular flexibility index (Phi) is 3.82. The molecule has 0 bridgehead atoms. The predicted molar refractivity (Wildman–Crippen MR) is 73.5 cm³/mol. The minimum absolute atomic E-state index is 0.621. The molecule has 0 radical (unpaired) electrons. The maximum absolute atomic E-state index is 6.06. The largest absolute Gasteiger partial charge is 0.495 e. The van der Waals surface area contributed by atoms with Crippen molar-refractivity contribution < 1.29 is 9.15 Å². The molecule has 0 aliphatic carbocycles. The number of ether oxygens (including phenoxy) is 1. The first-order chi connectivity index (χ1) is 8.61. The van der Waals surface area contributed by atoms with Gasteiger partial charge in [-0.05, 0) is 37.1 Å². The molecule has 2 aromatic rings. The molecule has 1 aromatic heterocycles. The number of hydrogen-bond acceptors (Lipinski definition) is 3. The normalized spacial score (nSPS) is 10.4. The molecule has 0 aliphatic heterocycles. The Morgan fingerprint density at radius 2 is 2.06 bits per heavy atom. The number of hydrogen-bond donors (Lipinski definition) is 1. The van der Waals surface area contributed by atoms with Gasteiger partial charge in [-0.15, -0.1) is 0 Å². The van der Waals surface area contributed by atoms with Crippen molar-refractivity contribution >= 4 is 17.3 Å². The highest BCUT2D eigenvalue weighted by molar-refractivity contribution is 6.31. The van der Waals surface area contributed by atoms with E-state index in [2.05, 4.69) is 5.32 Å². The second-order valence-corrected chi connectivity index (χ2v) is 4.59. The van der Waals surface area contributed by atoms with Crippen molar-refractivity contribution in [1.29, 1.82) is 0 Å². The van der Waals surface area contributed by atoms with Crippen molar-refractivity contribution in [2.75, 3.05) is 12.4 Å². The number of nitrogens with one attached hydrogen (secondary N) is 1. The number of benzene rings is 1. The molecule has 1 heterocycles. The van der Waals surface area contributed by atoms with Crippen LogP contribution in [0.5, 0.6) is 5.75 Å². The predicted octanol–water partition coefficient (Wildman–Crippen LogP) is 4.17. The summed E-state index contributed by atoms with van der Waals surface area (Å²) in [5.41, 5.74) is 3.05. The van der Waals surface area contributed by atoms with E-state index in [-0.39, 0.29) is 0 Å². The zero-order chi connectivity index (χ0) is 13.1. The Balaban J connectivity index is 2.18. The van der Waals surface area contributed by atoms with Crippen LogP contribution in [-0.4, -0.2) is 7.11 Å². The van der Waals surface area contributed by atoms with Crippen LogP contribution in [0, 0.1) is 13.8 Å². The zero-order valence-corrected chi connectivity index (χ0v) is 11.5. The van der Waals surface area contributed by atoms with Crippen molar-refractivity contribution in [2.24, 2.45) is 0 Å². The molecule has 0 amide bonds. The number of methoxy groups -OCH3 is 1. The standard InChI is InChI=1S/C14H16ClNO2/c1-9-4-5-18-14(9)8-16-12-6-10(2)11(15)7-13(12)17-3/h4-7,16H,8H2,1-3H3. The quantitative estimate of drug-likeness (QED) is 0.901. The molecule has 2 rings (SSSR count). The smallest absolute Gasteiger partial charge is 0.143 e. The van der Waals surface area contributed by atoms with Crippen LogP contribution in [-0.2, 0) is 6.54 Å². The van der Waals surface area contributed by atoms with Crippen molar-refractivity contribution in [3.8, 4) is 5.75 Å². The second kappa shape index (κ2) is 5.36. The third-order valence-electron chi connectivity index (χ3n) is 2.89. The minimum Gasteiger partial charge on any atom is -0.495 e. The lowest BCUT2D eigenvalue weighted by Crippen LogP contribution is -2.02. The highest BCUT2D eigenvalue weighted by Gasteiger charge is 2.08. The molecule has 96 valence electrons. The van der Waals surface area contributed by atoms with Gasteiger partial charge in [-0.25, -0.2) is 0 Å². The van der Waals surface area contributed by atoms with Crippen molar-refractivity contribution in [3.63, 3.8) is 0 Å². The van der Waals surface area contributed by atoms with E-state index in [1.165, 1.54) is 0 Å². The molecule has 1 N–H and O–H groups in total. The lowest BCUT2D eigenvalue weighted by molar-refractivity contribution is 0.416. The third-order valence-corrected chi connectivity index (χ3v) is 3.30. The number of anilines is 1. The average Bonchev–Trinajstić information content (AvgIpc) is 2.76. The maximum Gasteiger partial charge on any atom is 0.143 e. The maximum atomic E-state index is 6.06. The van der Waals surface area contributed by atoms with Gasteiger partial charge in [0.25, 0.3) is 0 Å². The number of aryl methyl sites for hydroxylation is 2. The molecule has 0 atom stereocenters. The highest BCUT2D eigenvalue weighted by Crippen LogP contribution is 2.31. The molecule has 0 saturated carbocycles. The fourth-order valence-corrected chi connectivity index (χ4v) is 1.88. The van der Waals surface area contributed by atoms with Crippen LogP contribution in [0.25, 0.3) is 0 Å². The average molecular weight is 266 g/mol. The summed E-state index contributed by atoms with van der Waals surface area (Å²) < 4.78 is 10.7. The molecule has 0 saturated heterocycles. The summed E-state index contributed by atoms with van der Waals surface area (Å²) >= 11 is 6.06. The number of rotatable bonds is 4. The van der Waals surface area contributed by atoms with Gasteiger partial charge < -0.3 is 14.5 Å². The Hall–Kier alpha value is -1.61. The van der Waals surface area contributed by atoms with Gasteiger partial charge >= 0.3 is 0 Å². The lowest BCUT2D eigenvalue weighted by atomic mass is 10.2. The van der Waals surface area contributed by atoms with Crippen LogP contribution in [0.1, 0.15) is 16.9 Å². The van der Waals surface area contributed by atoms with E-state index < -0.39 is 0 Å². The lowest BCUT2D eigenvalue weighted by Gasteiger charge is -2.12. The molecule has 0 unspecified atom stereocenters. The summed E-state index contributed by atoms with van der Waals surface area (Å²) in [7, 11) is 1.63. The molecule has 0 spiro atoms. The van der Waals surface area contributed by atoms with E-state index in [4.69, 9.17) is 20.8 Å². The Labute approximate surface area is 112 Å². The fourth-order valence-electron chi connectivity index (χ4n) is 1.73. The van der Waals surface area contributed by atoms with E-state index in [1.807, 2.05) is 32.0 Å². The summed E-state index contributed by atoms with van der Waals surface area (Å²) in [4.78, 5) is 0. The number of furan rings is 1. The van der Waals surface area contributed by atoms with Gasteiger partial charge in [-0.3, -0.25) is 0 Å². The van der Waals surface area contributed by atoms with E-state index in [0.717, 1.165) is 28.3 Å². The molecule has 0 fully saturated rings. The summed E-state index contributed by atoms with van der Waals surface area (Å²) in [6, 6.07) is 5.73. The highest BCUT2D eigenvalue weighted by atomic mass is 35.5. The Bertz CT molecular complexity index is 549. The van der Waals surface area contributed by atoms with Crippen LogP contribution >= 0.6 is 11.6 Å². The Morgan fingerprint density at radius 3 is 2.67 bits per heavy atom. The van der Waals surface area contributed by atoms with Crippen molar-refractivity contribution in [2.45, 2.75) is 20.4 Å². The van der Waals surface area contributed by atoms with Gasteiger partial charge in [-0.1, -0.05) is 11.6 Å². The van der Waals surface area contributed by atoms with E-state index in [9.17, 15) is 0 Å². The van der Waals surface area contributed by atoms with Crippen molar-refractivity contribution in [1.82, 2.24) is 0 Å². The topological polar surface area (TPSA) is 34.4 Å². The summed E-state index contributed by atoms with van der Waals surface area (Å²) in [6.45, 7) is 4.60. The SMILES string of the molecule is COc1cc(Cl)c(C)cc1NCc1occc1C. The van der Waals surface area contributed by atoms with Gasteiger partial charge in [0.15, 0.2) is 0 Å². The van der Waals surface area contributed by atoms with Crippen LogP contribution in [0.3, 0.4) is 0 Å². The molecular weight excluding hydrogens is 250 g/mol. The molecular formula is C14H16ClNO2. The Morgan fingerprint density at radius 1 is 1.28 bits per heavy atom. The van der Waals surface area contributed by atoms with Crippen LogP contribution in [0.15, 0.2) is 28.9 Å². The van der Waals surface area contributed by atoms with Crippen molar-refractivity contribution in [3.05, 3.63) is 46.4 Å². The molecule has 18 heavy (non-hydrogen) atoms. The molecule has 1 aromatic carbocycles. The van der Waals surface area contributed by atoms with Crippen LogP contribution in [0.4, 0.5) is 5.69 Å². The zero-order valence-electron chi connectivity index (χ0n) is 10.7. The van der Waals surface area contributed by atoms with E-state index in [0.29, 0.717) is 11.6 Å². The minimum atomic E-state index is 0.621. The third kappa shape index (κ3) is 2.62. The van der Waals surface area contributed by atoms with E-state index in [1.54, 1.807) is 13.4 Å². The first-order valence-electron chi connectivity index (χ1n) is 5.72. The van der Waals surface area contributed by atoms with Gasteiger partial charge in [0.2, 0.25) is 0 Å². The van der Waals surface area contributed by atoms with Gasteiger partial charge in [-0.2, -0.15) is 0 Å². The second-order valence-electron chi connectivity index (χ2n) is 4.18. The summed E-state index contributed by atoms with van der Waals surface area (Å²) in [5.74, 6) is 1.65. The molecule has 4 heteroatoms. The summed E-state index contributed by atoms with van der Waals surface area (Å²) in [6.07, 6.45) is 1.69. The number of halogens is 1. The molecule has 3 nitrogen and oxygen atoms in total. The van der Waals surface area contributed by atoms with Gasteiger partial charge in [0.05, 0.1) is 25.6 Å². The summed E-state index contributed by atoms with van der Waals surface area (Å²) in [5, 5.41) is 4.00. The first-order valence-corrected chi connectivity index (χ1v) is 6.10. The van der Waals surface area contributed by atoms with Crippen LogP contribution in [0.2, 0.25) is 5.02 Å².